The van der Waals surface area contributed by atoms with E-state index in [0.717, 1.165) is 52.0 Å². The van der Waals surface area contributed by atoms with Crippen LogP contribution in [-0.4, -0.2) is 41.9 Å². The summed E-state index contributed by atoms with van der Waals surface area (Å²) in [5, 5.41) is 0. The lowest BCUT2D eigenvalue weighted by Gasteiger charge is -2.36. The smallest absolute Gasteiger partial charge is 0.226 e. The second-order valence-electron chi connectivity index (χ2n) is 7.48. The first-order chi connectivity index (χ1) is 11.6. The van der Waals surface area contributed by atoms with E-state index in [1.54, 1.807) is 0 Å². The Morgan fingerprint density at radius 3 is 2.38 bits per heavy atom. The Morgan fingerprint density at radius 2 is 1.79 bits per heavy atom. The van der Waals surface area contributed by atoms with E-state index >= 15 is 0 Å². The molecule has 1 aromatic rings. The van der Waals surface area contributed by atoms with Crippen molar-refractivity contribution >= 4 is 5.91 Å². The molecule has 0 bridgehead atoms. The minimum absolute atomic E-state index is 0.227. The van der Waals surface area contributed by atoms with Gasteiger partial charge in [-0.2, -0.15) is 0 Å². The van der Waals surface area contributed by atoms with Gasteiger partial charge in [0.25, 0.3) is 0 Å². The number of rotatable bonds is 4. The molecular formula is C21H30N2O. The molecule has 0 radical (unpaired) electrons. The molecule has 3 heteroatoms. The zero-order chi connectivity index (χ0) is 16.9. The minimum Gasteiger partial charge on any atom is -0.340 e. The van der Waals surface area contributed by atoms with Gasteiger partial charge in [-0.1, -0.05) is 50.3 Å². The predicted molar refractivity (Wildman–Crippen MR) is 98.9 cm³/mol. The number of allylic oxidation sites excluding steroid dienone is 2. The molecule has 0 N–H and O–H groups in total. The molecule has 1 aliphatic heterocycles. The maximum atomic E-state index is 12.6. The van der Waals surface area contributed by atoms with E-state index < -0.39 is 0 Å². The standard InChI is InChI=1S/C21H30N2O/c1-17(2)19-10-8-18(9-11-19)16-22-12-14-23(15-13-22)21(24)20-6-4-3-5-7-20/h3-4,8-11,17,20H,5-7,12-16H2,1-2H3. The summed E-state index contributed by atoms with van der Waals surface area (Å²) in [4.78, 5) is 17.1. The molecule has 1 aromatic carbocycles. The van der Waals surface area contributed by atoms with E-state index in [2.05, 4.69) is 60.1 Å². The van der Waals surface area contributed by atoms with Gasteiger partial charge in [0, 0.05) is 38.6 Å². The van der Waals surface area contributed by atoms with E-state index in [1.807, 2.05) is 0 Å². The molecule has 1 amide bonds. The lowest BCUT2D eigenvalue weighted by atomic mass is 9.93. The molecule has 1 heterocycles. The quantitative estimate of drug-likeness (QED) is 0.786. The number of carbonyl (C=O) groups is 1. The second kappa shape index (κ2) is 7.98. The number of nitrogens with zero attached hydrogens (tertiary/aromatic N) is 2. The average Bonchev–Trinajstić information content (AvgIpc) is 2.63. The van der Waals surface area contributed by atoms with Crippen LogP contribution in [0.5, 0.6) is 0 Å². The van der Waals surface area contributed by atoms with Crippen LogP contribution in [0.15, 0.2) is 36.4 Å². The second-order valence-corrected chi connectivity index (χ2v) is 7.48. The summed E-state index contributed by atoms with van der Waals surface area (Å²) in [6.07, 6.45) is 7.39. The number of amides is 1. The molecule has 0 aromatic heterocycles. The fourth-order valence-electron chi connectivity index (χ4n) is 3.67. The van der Waals surface area contributed by atoms with E-state index in [1.165, 1.54) is 11.1 Å². The summed E-state index contributed by atoms with van der Waals surface area (Å²) in [5.74, 6) is 1.19. The van der Waals surface area contributed by atoms with Gasteiger partial charge < -0.3 is 4.90 Å². The van der Waals surface area contributed by atoms with Crippen LogP contribution >= 0.6 is 0 Å². The summed E-state index contributed by atoms with van der Waals surface area (Å²) in [6, 6.07) is 9.00. The molecule has 0 saturated carbocycles. The van der Waals surface area contributed by atoms with Crippen LogP contribution in [0.2, 0.25) is 0 Å². The van der Waals surface area contributed by atoms with Gasteiger partial charge in [-0.05, 0) is 36.3 Å². The lowest BCUT2D eigenvalue weighted by Crippen LogP contribution is -2.50. The molecule has 130 valence electrons. The van der Waals surface area contributed by atoms with Gasteiger partial charge in [0.1, 0.15) is 0 Å². The highest BCUT2D eigenvalue weighted by atomic mass is 16.2. The van der Waals surface area contributed by atoms with Crippen molar-refractivity contribution < 1.29 is 4.79 Å². The SMILES string of the molecule is CC(C)c1ccc(CN2CCN(C(=O)C3CC=CCC3)CC2)cc1. The monoisotopic (exact) mass is 326 g/mol. The van der Waals surface area contributed by atoms with Crippen molar-refractivity contribution in [2.45, 2.75) is 45.6 Å². The molecule has 24 heavy (non-hydrogen) atoms. The third kappa shape index (κ3) is 4.27. The molecule has 3 rings (SSSR count). The van der Waals surface area contributed by atoms with Gasteiger partial charge in [0.15, 0.2) is 0 Å². The maximum Gasteiger partial charge on any atom is 0.226 e. The van der Waals surface area contributed by atoms with E-state index in [9.17, 15) is 4.79 Å². The Hall–Kier alpha value is -1.61. The van der Waals surface area contributed by atoms with Crippen LogP contribution in [0.3, 0.4) is 0 Å². The van der Waals surface area contributed by atoms with Crippen molar-refractivity contribution in [2.24, 2.45) is 5.92 Å². The van der Waals surface area contributed by atoms with Gasteiger partial charge >= 0.3 is 0 Å². The first-order valence-corrected chi connectivity index (χ1v) is 9.38. The van der Waals surface area contributed by atoms with Crippen LogP contribution in [0.4, 0.5) is 0 Å². The highest BCUT2D eigenvalue weighted by Crippen LogP contribution is 2.22. The van der Waals surface area contributed by atoms with Gasteiger partial charge in [-0.15, -0.1) is 0 Å². The van der Waals surface area contributed by atoms with Crippen LogP contribution in [0.25, 0.3) is 0 Å². The summed E-state index contributed by atoms with van der Waals surface area (Å²) in [5.41, 5.74) is 2.77. The number of piperazine rings is 1. The van der Waals surface area contributed by atoms with Crippen molar-refractivity contribution in [3.63, 3.8) is 0 Å². The summed E-state index contributed by atoms with van der Waals surface area (Å²) in [7, 11) is 0. The fraction of sp³-hybridized carbons (Fsp3) is 0.571. The predicted octanol–water partition coefficient (Wildman–Crippen LogP) is 3.81. The number of hydrogen-bond acceptors (Lipinski definition) is 2. The third-order valence-corrected chi connectivity index (χ3v) is 5.35. The molecule has 2 aliphatic rings. The number of hydrogen-bond donors (Lipinski definition) is 0. The first kappa shape index (κ1) is 17.2. The molecule has 0 spiro atoms. The maximum absolute atomic E-state index is 12.6. The number of carbonyl (C=O) groups excluding carboxylic acids is 1. The lowest BCUT2D eigenvalue weighted by molar-refractivity contribution is -0.137. The van der Waals surface area contributed by atoms with Crippen LogP contribution < -0.4 is 0 Å². The molecule has 1 saturated heterocycles. The van der Waals surface area contributed by atoms with Gasteiger partial charge in [-0.25, -0.2) is 0 Å². The van der Waals surface area contributed by atoms with E-state index in [-0.39, 0.29) is 5.92 Å². The Labute approximate surface area is 146 Å². The molecule has 1 unspecified atom stereocenters. The van der Waals surface area contributed by atoms with Crippen LogP contribution in [0, 0.1) is 5.92 Å². The topological polar surface area (TPSA) is 23.6 Å². The van der Waals surface area contributed by atoms with Crippen molar-refractivity contribution in [3.8, 4) is 0 Å². The minimum atomic E-state index is 0.227. The molecule has 1 fully saturated rings. The Balaban J connectivity index is 1.48. The van der Waals surface area contributed by atoms with Crippen LogP contribution in [0.1, 0.15) is 50.2 Å². The van der Waals surface area contributed by atoms with Crippen molar-refractivity contribution in [1.82, 2.24) is 9.80 Å². The third-order valence-electron chi connectivity index (χ3n) is 5.35. The molecular weight excluding hydrogens is 296 g/mol. The summed E-state index contributed by atoms with van der Waals surface area (Å²) < 4.78 is 0. The van der Waals surface area contributed by atoms with Crippen molar-refractivity contribution in [3.05, 3.63) is 47.5 Å². The zero-order valence-electron chi connectivity index (χ0n) is 15.1. The fourth-order valence-corrected chi connectivity index (χ4v) is 3.67. The highest BCUT2D eigenvalue weighted by Gasteiger charge is 2.27. The normalized spacial score (nSPS) is 22.1. The van der Waals surface area contributed by atoms with Crippen molar-refractivity contribution in [1.29, 1.82) is 0 Å². The molecule has 3 nitrogen and oxygen atoms in total. The Kier molecular flexibility index (Phi) is 5.72. The van der Waals surface area contributed by atoms with E-state index in [0.29, 0.717) is 11.8 Å². The van der Waals surface area contributed by atoms with Gasteiger partial charge in [0.05, 0.1) is 0 Å². The highest BCUT2D eigenvalue weighted by molar-refractivity contribution is 5.79. The van der Waals surface area contributed by atoms with Crippen molar-refractivity contribution in [2.75, 3.05) is 26.2 Å². The van der Waals surface area contributed by atoms with E-state index in [4.69, 9.17) is 0 Å². The first-order valence-electron chi connectivity index (χ1n) is 9.38. The number of benzene rings is 1. The Bertz CT molecular complexity index is 568. The largest absolute Gasteiger partial charge is 0.340 e. The summed E-state index contributed by atoms with van der Waals surface area (Å²) in [6.45, 7) is 9.18. The van der Waals surface area contributed by atoms with Gasteiger partial charge in [0.2, 0.25) is 5.91 Å². The molecule has 1 aliphatic carbocycles. The van der Waals surface area contributed by atoms with Gasteiger partial charge in [-0.3, -0.25) is 9.69 Å². The summed E-state index contributed by atoms with van der Waals surface area (Å²) >= 11 is 0. The average molecular weight is 326 g/mol. The molecule has 1 atom stereocenters. The van der Waals surface area contributed by atoms with Crippen LogP contribution in [-0.2, 0) is 11.3 Å². The zero-order valence-corrected chi connectivity index (χ0v) is 15.1. The Morgan fingerprint density at radius 1 is 1.08 bits per heavy atom.